The van der Waals surface area contributed by atoms with Crippen molar-refractivity contribution in [3.63, 3.8) is 0 Å². The first kappa shape index (κ1) is 23.8. The van der Waals surface area contributed by atoms with E-state index in [4.69, 9.17) is 4.42 Å². The van der Waals surface area contributed by atoms with Crippen LogP contribution in [0.2, 0.25) is 0 Å². The molecule has 2 aromatic heterocycles. The van der Waals surface area contributed by atoms with Crippen LogP contribution in [0.1, 0.15) is 81.8 Å². The van der Waals surface area contributed by atoms with E-state index in [2.05, 4.69) is 29.1 Å². The van der Waals surface area contributed by atoms with E-state index in [1.165, 1.54) is 6.08 Å². The van der Waals surface area contributed by atoms with Crippen molar-refractivity contribution in [2.24, 2.45) is 0 Å². The summed E-state index contributed by atoms with van der Waals surface area (Å²) in [7, 11) is 0. The first-order valence-electron chi connectivity index (χ1n) is 11.1. The number of halogens is 3. The highest BCUT2D eigenvalue weighted by Gasteiger charge is 2.33. The lowest BCUT2D eigenvalue weighted by Crippen LogP contribution is -2.18. The van der Waals surface area contributed by atoms with E-state index in [9.17, 15) is 13.2 Å². The standard InChI is InChI=1S/C25H30F3N3O/c1-5-9-17(15-18(10-6-2)25(26,27)28)24-31-22-20(12-7-13-21(22)32-24)30-23-19(16(3)4)11-8-14-29-23/h5,8-11,14-16,20H,6-7,12-13H2,1-4H3,(H,29,30)/b9-5-,17-15+,18-10-. The van der Waals surface area contributed by atoms with Gasteiger partial charge in [-0.3, -0.25) is 0 Å². The average Bonchev–Trinajstić information content (AvgIpc) is 3.18. The van der Waals surface area contributed by atoms with Gasteiger partial charge in [0.2, 0.25) is 5.89 Å². The lowest BCUT2D eigenvalue weighted by atomic mass is 9.96. The van der Waals surface area contributed by atoms with Gasteiger partial charge in [-0.15, -0.1) is 0 Å². The molecule has 0 aromatic carbocycles. The van der Waals surface area contributed by atoms with Crippen molar-refractivity contribution in [1.29, 1.82) is 0 Å². The fourth-order valence-corrected chi connectivity index (χ4v) is 3.86. The SMILES string of the molecule is C\C=C/C(=C\C(=C\CC)C(F)(F)F)c1nc2c(o1)CCCC2Nc1ncccc1C(C)C. The minimum atomic E-state index is -4.44. The normalized spacial score (nSPS) is 17.8. The van der Waals surface area contributed by atoms with Crippen LogP contribution in [-0.2, 0) is 6.42 Å². The largest absolute Gasteiger partial charge is 0.441 e. The summed E-state index contributed by atoms with van der Waals surface area (Å²) in [6.07, 6.45) is 5.62. The Morgan fingerprint density at radius 2 is 2.12 bits per heavy atom. The molecule has 7 heteroatoms. The van der Waals surface area contributed by atoms with Crippen molar-refractivity contribution in [1.82, 2.24) is 9.97 Å². The summed E-state index contributed by atoms with van der Waals surface area (Å²) in [5.74, 6) is 2.03. The van der Waals surface area contributed by atoms with Crippen LogP contribution in [0.15, 0.2) is 52.6 Å². The molecular weight excluding hydrogens is 415 g/mol. The third-order valence-electron chi connectivity index (χ3n) is 5.38. The zero-order valence-corrected chi connectivity index (χ0v) is 19.0. The third kappa shape index (κ3) is 5.50. The number of pyridine rings is 1. The molecule has 2 heterocycles. The van der Waals surface area contributed by atoms with Crippen LogP contribution < -0.4 is 5.32 Å². The lowest BCUT2D eigenvalue weighted by molar-refractivity contribution is -0.0883. The molecule has 0 bridgehead atoms. The van der Waals surface area contributed by atoms with Crippen LogP contribution >= 0.6 is 0 Å². The van der Waals surface area contributed by atoms with E-state index in [-0.39, 0.29) is 18.4 Å². The number of anilines is 1. The van der Waals surface area contributed by atoms with E-state index in [0.29, 0.717) is 23.7 Å². The molecule has 0 amide bonds. The fraction of sp³-hybridized carbons (Fsp3) is 0.440. The van der Waals surface area contributed by atoms with Gasteiger partial charge in [0.15, 0.2) is 0 Å². The predicted octanol–water partition coefficient (Wildman–Crippen LogP) is 7.54. The molecule has 3 rings (SSSR count). The number of aromatic nitrogens is 2. The van der Waals surface area contributed by atoms with Crippen molar-refractivity contribution >= 4 is 11.4 Å². The van der Waals surface area contributed by atoms with E-state index >= 15 is 0 Å². The first-order valence-corrected chi connectivity index (χ1v) is 11.1. The number of nitrogens with one attached hydrogen (secondary N) is 1. The van der Waals surface area contributed by atoms with Crippen molar-refractivity contribution < 1.29 is 17.6 Å². The number of rotatable bonds is 7. The molecule has 1 unspecified atom stereocenters. The van der Waals surface area contributed by atoms with Gasteiger partial charge in [0.1, 0.15) is 17.3 Å². The second-order valence-electron chi connectivity index (χ2n) is 8.18. The zero-order chi connectivity index (χ0) is 23.3. The summed E-state index contributed by atoms with van der Waals surface area (Å²) < 4.78 is 46.3. The van der Waals surface area contributed by atoms with Crippen LogP contribution in [0.3, 0.4) is 0 Å². The smallest absolute Gasteiger partial charge is 0.416 e. The Labute approximate surface area is 187 Å². The molecule has 0 fully saturated rings. The maximum atomic E-state index is 13.5. The Morgan fingerprint density at radius 1 is 1.34 bits per heavy atom. The summed E-state index contributed by atoms with van der Waals surface area (Å²) in [5, 5.41) is 3.49. The van der Waals surface area contributed by atoms with Crippen LogP contribution in [-0.4, -0.2) is 16.1 Å². The van der Waals surface area contributed by atoms with Gasteiger partial charge in [0.05, 0.1) is 11.6 Å². The van der Waals surface area contributed by atoms with Gasteiger partial charge in [-0.2, -0.15) is 13.2 Å². The van der Waals surface area contributed by atoms with Crippen molar-refractivity contribution in [2.75, 3.05) is 5.32 Å². The molecular formula is C25H30F3N3O. The quantitative estimate of drug-likeness (QED) is 0.447. The Morgan fingerprint density at radius 3 is 2.78 bits per heavy atom. The number of fused-ring (bicyclic) bond motifs is 1. The van der Waals surface area contributed by atoms with E-state index in [1.54, 1.807) is 32.2 Å². The molecule has 4 nitrogen and oxygen atoms in total. The van der Waals surface area contributed by atoms with Gasteiger partial charge in [-0.25, -0.2) is 9.97 Å². The third-order valence-corrected chi connectivity index (χ3v) is 5.38. The topological polar surface area (TPSA) is 51.0 Å². The average molecular weight is 446 g/mol. The summed E-state index contributed by atoms with van der Waals surface area (Å²) in [6.45, 7) is 7.66. The Balaban J connectivity index is 1.98. The van der Waals surface area contributed by atoms with Crippen LogP contribution in [0.25, 0.3) is 5.57 Å². The van der Waals surface area contributed by atoms with Gasteiger partial charge in [0, 0.05) is 18.2 Å². The Kier molecular flexibility index (Phi) is 7.59. The van der Waals surface area contributed by atoms with E-state index < -0.39 is 11.7 Å². The minimum Gasteiger partial charge on any atom is -0.441 e. The molecule has 1 atom stereocenters. The number of aryl methyl sites for hydroxylation is 1. The van der Waals surface area contributed by atoms with Crippen molar-refractivity contribution in [3.05, 3.63) is 71.1 Å². The monoisotopic (exact) mass is 445 g/mol. The fourth-order valence-electron chi connectivity index (χ4n) is 3.86. The molecule has 0 radical (unpaired) electrons. The highest BCUT2D eigenvalue weighted by Crippen LogP contribution is 2.36. The van der Waals surface area contributed by atoms with Gasteiger partial charge in [-0.1, -0.05) is 45.1 Å². The van der Waals surface area contributed by atoms with Crippen molar-refractivity contribution in [2.45, 2.75) is 71.5 Å². The van der Waals surface area contributed by atoms with Gasteiger partial charge < -0.3 is 9.73 Å². The number of hydrogen-bond donors (Lipinski definition) is 1. The maximum absolute atomic E-state index is 13.5. The summed E-state index contributed by atoms with van der Waals surface area (Å²) in [6, 6.07) is 3.85. The molecule has 2 aromatic rings. The first-order chi connectivity index (χ1) is 15.2. The second kappa shape index (κ2) is 10.2. The molecule has 0 spiro atoms. The highest BCUT2D eigenvalue weighted by atomic mass is 19.4. The Hall–Kier alpha value is -2.83. The molecule has 1 N–H and O–H groups in total. The molecule has 0 saturated carbocycles. The summed E-state index contributed by atoms with van der Waals surface area (Å²) in [4.78, 5) is 9.15. The number of allylic oxidation sites excluding steroid dienone is 6. The van der Waals surface area contributed by atoms with Gasteiger partial charge >= 0.3 is 6.18 Å². The number of hydrogen-bond acceptors (Lipinski definition) is 4. The van der Waals surface area contributed by atoms with Crippen LogP contribution in [0, 0.1) is 0 Å². The Bertz CT molecular complexity index is 1020. The lowest BCUT2D eigenvalue weighted by Gasteiger charge is -2.23. The van der Waals surface area contributed by atoms with E-state index in [1.807, 2.05) is 12.1 Å². The number of nitrogens with zero attached hydrogens (tertiary/aromatic N) is 2. The van der Waals surface area contributed by atoms with Crippen LogP contribution in [0.4, 0.5) is 19.0 Å². The second-order valence-corrected chi connectivity index (χ2v) is 8.18. The summed E-state index contributed by atoms with van der Waals surface area (Å²) >= 11 is 0. The number of oxazole rings is 1. The minimum absolute atomic E-state index is 0.108. The maximum Gasteiger partial charge on any atom is 0.416 e. The number of alkyl halides is 3. The molecule has 0 aliphatic heterocycles. The van der Waals surface area contributed by atoms with Gasteiger partial charge in [0.25, 0.3) is 0 Å². The van der Waals surface area contributed by atoms with Gasteiger partial charge in [-0.05, 0) is 49.8 Å². The molecule has 32 heavy (non-hydrogen) atoms. The zero-order valence-electron chi connectivity index (χ0n) is 19.0. The molecule has 0 saturated heterocycles. The molecule has 172 valence electrons. The summed E-state index contributed by atoms with van der Waals surface area (Å²) in [5.41, 5.74) is 1.46. The molecule has 1 aliphatic rings. The highest BCUT2D eigenvalue weighted by molar-refractivity contribution is 5.71. The van der Waals surface area contributed by atoms with Crippen molar-refractivity contribution in [3.8, 4) is 0 Å². The predicted molar refractivity (Wildman–Crippen MR) is 121 cm³/mol. The van der Waals surface area contributed by atoms with E-state index in [0.717, 1.165) is 36.0 Å². The molecule has 1 aliphatic carbocycles. The van der Waals surface area contributed by atoms with Crippen LogP contribution in [0.5, 0.6) is 0 Å².